The van der Waals surface area contributed by atoms with Gasteiger partial charge in [0.15, 0.2) is 5.82 Å². The average Bonchev–Trinajstić information content (AvgIpc) is 2.29. The molecule has 0 aliphatic heterocycles. The zero-order chi connectivity index (χ0) is 13.7. The molecule has 0 aliphatic rings. The number of rotatable bonds is 5. The van der Waals surface area contributed by atoms with E-state index in [1.807, 2.05) is 0 Å². The third kappa shape index (κ3) is 3.35. The Labute approximate surface area is 107 Å². The van der Waals surface area contributed by atoms with E-state index in [-0.39, 0.29) is 23.7 Å². The largest absolute Gasteiger partial charge is 0.466 e. The topological polar surface area (TPSA) is 39.2 Å². The second kappa shape index (κ2) is 6.58. The molecule has 7 heteroatoms. The van der Waals surface area contributed by atoms with Crippen LogP contribution < -0.4 is 0 Å². The van der Waals surface area contributed by atoms with Crippen LogP contribution in [0.5, 0.6) is 0 Å². The van der Waals surface area contributed by atoms with Crippen molar-refractivity contribution >= 4 is 17.6 Å². The van der Waals surface area contributed by atoms with Crippen LogP contribution in [-0.2, 0) is 21.8 Å². The van der Waals surface area contributed by atoms with Gasteiger partial charge in [-0.3, -0.25) is 9.78 Å². The van der Waals surface area contributed by atoms with Gasteiger partial charge >= 0.3 is 5.97 Å². The summed E-state index contributed by atoms with van der Waals surface area (Å²) >= 11 is 5.38. The van der Waals surface area contributed by atoms with Crippen LogP contribution >= 0.6 is 11.6 Å². The van der Waals surface area contributed by atoms with Crippen LogP contribution in [0.15, 0.2) is 6.20 Å². The number of pyridine rings is 1. The standard InChI is InChI=1S/C11H11ClF3NO2/c1-2-18-8(17)3-6-5-16-7(4-12)10(13)9(6)11(14)15/h5,11H,2-4H2,1H3. The fraction of sp³-hybridized carbons (Fsp3) is 0.455. The van der Waals surface area contributed by atoms with E-state index in [0.717, 1.165) is 6.20 Å². The number of aromatic nitrogens is 1. The van der Waals surface area contributed by atoms with Crippen LogP contribution in [0.25, 0.3) is 0 Å². The van der Waals surface area contributed by atoms with E-state index in [1.165, 1.54) is 0 Å². The van der Waals surface area contributed by atoms with E-state index >= 15 is 0 Å². The first-order valence-corrected chi connectivity index (χ1v) is 5.70. The monoisotopic (exact) mass is 281 g/mol. The number of hydrogen-bond donors (Lipinski definition) is 0. The summed E-state index contributed by atoms with van der Waals surface area (Å²) in [7, 11) is 0. The van der Waals surface area contributed by atoms with Crippen LogP contribution in [0.3, 0.4) is 0 Å². The molecule has 0 fully saturated rings. The summed E-state index contributed by atoms with van der Waals surface area (Å²) in [6.45, 7) is 1.71. The normalized spacial score (nSPS) is 10.8. The molecule has 0 atom stereocenters. The third-order valence-electron chi connectivity index (χ3n) is 2.20. The predicted molar refractivity (Wildman–Crippen MR) is 59.0 cm³/mol. The smallest absolute Gasteiger partial charge is 0.310 e. The zero-order valence-electron chi connectivity index (χ0n) is 9.55. The number of carbonyl (C=O) groups is 1. The highest BCUT2D eigenvalue weighted by atomic mass is 35.5. The molecule has 1 aromatic rings. The van der Waals surface area contributed by atoms with Gasteiger partial charge in [-0.2, -0.15) is 0 Å². The molecule has 1 rings (SSSR count). The van der Waals surface area contributed by atoms with Crippen LogP contribution in [-0.4, -0.2) is 17.6 Å². The maximum absolute atomic E-state index is 13.6. The SMILES string of the molecule is CCOC(=O)Cc1cnc(CCl)c(F)c1C(F)F. The summed E-state index contributed by atoms with van der Waals surface area (Å²) in [6.07, 6.45) is -2.46. The Hall–Kier alpha value is -1.30. The zero-order valence-corrected chi connectivity index (χ0v) is 10.3. The van der Waals surface area contributed by atoms with E-state index in [1.54, 1.807) is 6.92 Å². The van der Waals surface area contributed by atoms with E-state index in [9.17, 15) is 18.0 Å². The summed E-state index contributed by atoms with van der Waals surface area (Å²) in [4.78, 5) is 14.8. The summed E-state index contributed by atoms with van der Waals surface area (Å²) in [5.41, 5.74) is -1.29. The Morgan fingerprint density at radius 1 is 1.56 bits per heavy atom. The lowest BCUT2D eigenvalue weighted by Gasteiger charge is -2.11. The van der Waals surface area contributed by atoms with Crippen molar-refractivity contribution in [1.29, 1.82) is 0 Å². The number of hydrogen-bond acceptors (Lipinski definition) is 3. The maximum Gasteiger partial charge on any atom is 0.310 e. The number of carbonyl (C=O) groups excluding carboxylic acids is 1. The fourth-order valence-electron chi connectivity index (χ4n) is 1.42. The molecule has 18 heavy (non-hydrogen) atoms. The van der Waals surface area contributed by atoms with Crippen molar-refractivity contribution in [1.82, 2.24) is 4.98 Å². The van der Waals surface area contributed by atoms with Gasteiger partial charge in [0.25, 0.3) is 6.43 Å². The molecule has 0 saturated carbocycles. The molecular weight excluding hydrogens is 271 g/mol. The second-order valence-electron chi connectivity index (χ2n) is 3.37. The van der Waals surface area contributed by atoms with Gasteiger partial charge in [-0.1, -0.05) is 0 Å². The maximum atomic E-state index is 13.6. The lowest BCUT2D eigenvalue weighted by molar-refractivity contribution is -0.142. The number of nitrogens with zero attached hydrogens (tertiary/aromatic N) is 1. The molecule has 0 unspecified atom stereocenters. The van der Waals surface area contributed by atoms with E-state index in [0.29, 0.717) is 0 Å². The average molecular weight is 282 g/mol. The summed E-state index contributed by atoms with van der Waals surface area (Å²) in [6, 6.07) is 0. The van der Waals surface area contributed by atoms with E-state index < -0.39 is 30.2 Å². The summed E-state index contributed by atoms with van der Waals surface area (Å²) in [5.74, 6) is -2.19. The van der Waals surface area contributed by atoms with Gasteiger partial charge in [-0.15, -0.1) is 11.6 Å². The van der Waals surface area contributed by atoms with E-state index in [2.05, 4.69) is 9.72 Å². The molecule has 0 bridgehead atoms. The van der Waals surface area contributed by atoms with Crippen LogP contribution in [0.4, 0.5) is 13.2 Å². The molecule has 100 valence electrons. The van der Waals surface area contributed by atoms with Crippen molar-refractivity contribution in [3.63, 3.8) is 0 Å². The van der Waals surface area contributed by atoms with Gasteiger partial charge in [0, 0.05) is 6.20 Å². The molecule has 0 spiro atoms. The summed E-state index contributed by atoms with van der Waals surface area (Å²) < 4.78 is 43.8. The molecule has 0 radical (unpaired) electrons. The number of halogens is 4. The quantitative estimate of drug-likeness (QED) is 0.615. The molecule has 0 aromatic carbocycles. The highest BCUT2D eigenvalue weighted by molar-refractivity contribution is 6.16. The van der Waals surface area contributed by atoms with Gasteiger partial charge in [-0.25, -0.2) is 13.2 Å². The molecule has 0 N–H and O–H groups in total. The van der Waals surface area contributed by atoms with Crippen LogP contribution in [0.1, 0.15) is 30.2 Å². The highest BCUT2D eigenvalue weighted by Crippen LogP contribution is 2.28. The number of ether oxygens (including phenoxy) is 1. The molecule has 3 nitrogen and oxygen atoms in total. The van der Waals surface area contributed by atoms with Gasteiger partial charge in [0.2, 0.25) is 0 Å². The van der Waals surface area contributed by atoms with Gasteiger partial charge in [0.05, 0.1) is 30.2 Å². The van der Waals surface area contributed by atoms with Crippen molar-refractivity contribution in [2.24, 2.45) is 0 Å². The van der Waals surface area contributed by atoms with Crippen LogP contribution in [0, 0.1) is 5.82 Å². The Bertz CT molecular complexity index is 441. The number of esters is 1. The molecule has 0 saturated heterocycles. The predicted octanol–water partition coefficient (Wildman–Crippen LogP) is 3.00. The minimum Gasteiger partial charge on any atom is -0.466 e. The molecular formula is C11H11ClF3NO2. The minimum absolute atomic E-state index is 0.124. The lowest BCUT2D eigenvalue weighted by Crippen LogP contribution is -2.12. The molecule has 0 amide bonds. The third-order valence-corrected chi connectivity index (χ3v) is 2.45. The Morgan fingerprint density at radius 2 is 2.22 bits per heavy atom. The van der Waals surface area contributed by atoms with E-state index in [4.69, 9.17) is 11.6 Å². The Kier molecular flexibility index (Phi) is 5.40. The molecule has 0 aliphatic carbocycles. The molecule has 1 aromatic heterocycles. The Balaban J connectivity index is 3.11. The van der Waals surface area contributed by atoms with Crippen molar-refractivity contribution in [3.8, 4) is 0 Å². The first-order chi connectivity index (χ1) is 8.51. The lowest BCUT2D eigenvalue weighted by atomic mass is 10.1. The summed E-state index contributed by atoms with van der Waals surface area (Å²) in [5, 5.41) is 0. The van der Waals surface area contributed by atoms with Gasteiger partial charge < -0.3 is 4.74 Å². The van der Waals surface area contributed by atoms with Crippen molar-refractivity contribution in [3.05, 3.63) is 28.8 Å². The Morgan fingerprint density at radius 3 is 2.72 bits per heavy atom. The van der Waals surface area contributed by atoms with Gasteiger partial charge in [0.1, 0.15) is 0 Å². The van der Waals surface area contributed by atoms with Crippen molar-refractivity contribution in [2.75, 3.05) is 6.61 Å². The van der Waals surface area contributed by atoms with Crippen LogP contribution in [0.2, 0.25) is 0 Å². The first kappa shape index (κ1) is 14.8. The second-order valence-corrected chi connectivity index (χ2v) is 3.64. The van der Waals surface area contributed by atoms with Gasteiger partial charge in [-0.05, 0) is 12.5 Å². The fourth-order valence-corrected chi connectivity index (χ4v) is 1.60. The first-order valence-electron chi connectivity index (χ1n) is 5.17. The highest BCUT2D eigenvalue weighted by Gasteiger charge is 2.23. The number of alkyl halides is 3. The molecule has 1 heterocycles. The van der Waals surface area contributed by atoms with Crippen molar-refractivity contribution in [2.45, 2.75) is 25.7 Å². The van der Waals surface area contributed by atoms with Crippen molar-refractivity contribution < 1.29 is 22.7 Å². The minimum atomic E-state index is -3.04.